The Balaban J connectivity index is 1.90. The average Bonchev–Trinajstić information content (AvgIpc) is 3.14. The highest BCUT2D eigenvalue weighted by Crippen LogP contribution is 2.22. The first kappa shape index (κ1) is 15.2. The van der Waals surface area contributed by atoms with Crippen LogP contribution < -0.4 is 5.73 Å². The van der Waals surface area contributed by atoms with Gasteiger partial charge in [-0.25, -0.2) is 4.98 Å². The summed E-state index contributed by atoms with van der Waals surface area (Å²) < 4.78 is 1.69. The molecule has 1 aromatic carbocycles. The van der Waals surface area contributed by atoms with E-state index in [4.69, 9.17) is 5.73 Å². The van der Waals surface area contributed by atoms with Crippen LogP contribution in [0.25, 0.3) is 11.4 Å². The van der Waals surface area contributed by atoms with Crippen molar-refractivity contribution in [1.29, 1.82) is 0 Å². The van der Waals surface area contributed by atoms with E-state index in [1.54, 1.807) is 27.8 Å². The molecule has 120 valence electrons. The van der Waals surface area contributed by atoms with Crippen molar-refractivity contribution in [3.63, 3.8) is 0 Å². The number of nitrogens with two attached hydrogens (primary N) is 1. The Morgan fingerprint density at radius 2 is 2.13 bits per heavy atom. The van der Waals surface area contributed by atoms with E-state index in [9.17, 15) is 9.59 Å². The first-order valence-electron chi connectivity index (χ1n) is 7.55. The van der Waals surface area contributed by atoms with Crippen molar-refractivity contribution in [3.8, 4) is 11.4 Å². The Hall–Kier alpha value is -2.70. The number of likely N-dealkylation sites (tertiary alicyclic amines) is 1. The van der Waals surface area contributed by atoms with Gasteiger partial charge in [0.1, 0.15) is 11.9 Å². The van der Waals surface area contributed by atoms with Crippen LogP contribution in [0.3, 0.4) is 0 Å². The summed E-state index contributed by atoms with van der Waals surface area (Å²) in [5.74, 6) is 0.743. The third-order valence-electron chi connectivity index (χ3n) is 4.19. The number of carbonyl (C=O) groups excluding carboxylic acids is 2. The Kier molecular flexibility index (Phi) is 3.85. The highest BCUT2D eigenvalue weighted by molar-refractivity contribution is 5.98. The molecule has 0 spiro atoms. The van der Waals surface area contributed by atoms with E-state index in [-0.39, 0.29) is 5.91 Å². The summed E-state index contributed by atoms with van der Waals surface area (Å²) >= 11 is 0. The fourth-order valence-electron chi connectivity index (χ4n) is 2.85. The topological polar surface area (TPSA) is 94.1 Å². The molecule has 7 heteroatoms. The number of primary amides is 1. The molecule has 23 heavy (non-hydrogen) atoms. The van der Waals surface area contributed by atoms with Crippen LogP contribution in [0.4, 0.5) is 0 Å². The largest absolute Gasteiger partial charge is 0.368 e. The normalized spacial score (nSPS) is 17.5. The maximum atomic E-state index is 12.7. The SMILES string of the molecule is Cc1nc(-c2cccc(C(=O)N3CCCC3C(N)=O)c2)nn1C. The van der Waals surface area contributed by atoms with Crippen molar-refractivity contribution in [2.24, 2.45) is 12.8 Å². The van der Waals surface area contributed by atoms with Crippen LogP contribution in [-0.2, 0) is 11.8 Å². The van der Waals surface area contributed by atoms with Crippen LogP contribution in [0, 0.1) is 6.92 Å². The van der Waals surface area contributed by atoms with Crippen molar-refractivity contribution in [3.05, 3.63) is 35.7 Å². The van der Waals surface area contributed by atoms with E-state index in [0.717, 1.165) is 17.8 Å². The molecule has 0 saturated carbocycles. The molecule has 3 rings (SSSR count). The smallest absolute Gasteiger partial charge is 0.254 e. The summed E-state index contributed by atoms with van der Waals surface area (Å²) in [7, 11) is 1.82. The maximum Gasteiger partial charge on any atom is 0.254 e. The lowest BCUT2D eigenvalue weighted by Gasteiger charge is -2.22. The molecule has 0 radical (unpaired) electrons. The summed E-state index contributed by atoms with van der Waals surface area (Å²) in [6.07, 6.45) is 1.42. The number of aromatic nitrogens is 3. The molecule has 1 aliphatic heterocycles. The Morgan fingerprint density at radius 3 is 2.78 bits per heavy atom. The molecule has 1 aliphatic rings. The Morgan fingerprint density at radius 1 is 1.35 bits per heavy atom. The monoisotopic (exact) mass is 313 g/mol. The molecule has 1 fully saturated rings. The summed E-state index contributed by atoms with van der Waals surface area (Å²) in [5, 5.41) is 4.33. The number of rotatable bonds is 3. The zero-order valence-corrected chi connectivity index (χ0v) is 13.2. The Bertz CT molecular complexity index is 748. The standard InChI is InChI=1S/C16H19N5O2/c1-10-18-15(19-20(10)2)11-5-3-6-12(9-11)16(23)21-8-4-7-13(21)14(17)22/h3,5-6,9,13H,4,7-8H2,1-2H3,(H2,17,22). The van der Waals surface area contributed by atoms with Crippen molar-refractivity contribution >= 4 is 11.8 Å². The van der Waals surface area contributed by atoms with Gasteiger partial charge in [-0.05, 0) is 31.9 Å². The van der Waals surface area contributed by atoms with Crippen molar-refractivity contribution < 1.29 is 9.59 Å². The molecule has 7 nitrogen and oxygen atoms in total. The third-order valence-corrected chi connectivity index (χ3v) is 4.19. The molecule has 1 saturated heterocycles. The fraction of sp³-hybridized carbons (Fsp3) is 0.375. The summed E-state index contributed by atoms with van der Waals surface area (Å²) in [6, 6.07) is 6.64. The van der Waals surface area contributed by atoms with Crippen LogP contribution in [-0.4, -0.2) is 44.1 Å². The van der Waals surface area contributed by atoms with Crippen molar-refractivity contribution in [1.82, 2.24) is 19.7 Å². The molecule has 0 bridgehead atoms. The predicted octanol–water partition coefficient (Wildman–Crippen LogP) is 0.880. The average molecular weight is 313 g/mol. The van der Waals surface area contributed by atoms with Gasteiger partial charge in [0.2, 0.25) is 5.91 Å². The first-order chi connectivity index (χ1) is 11.0. The lowest BCUT2D eigenvalue weighted by molar-refractivity contribution is -0.121. The van der Waals surface area contributed by atoms with Gasteiger partial charge in [0.15, 0.2) is 5.82 Å². The molecule has 2 heterocycles. The third kappa shape index (κ3) is 2.81. The van der Waals surface area contributed by atoms with Gasteiger partial charge in [-0.3, -0.25) is 14.3 Å². The van der Waals surface area contributed by atoms with Crippen molar-refractivity contribution in [2.75, 3.05) is 6.54 Å². The summed E-state index contributed by atoms with van der Waals surface area (Å²) in [4.78, 5) is 30.1. The number of nitrogens with zero attached hydrogens (tertiary/aromatic N) is 4. The molecular formula is C16H19N5O2. The van der Waals surface area contributed by atoms with E-state index in [1.807, 2.05) is 20.0 Å². The van der Waals surface area contributed by atoms with Crippen molar-refractivity contribution in [2.45, 2.75) is 25.8 Å². The molecule has 2 amide bonds. The fourth-order valence-corrected chi connectivity index (χ4v) is 2.85. The van der Waals surface area contributed by atoms with E-state index >= 15 is 0 Å². The molecule has 2 aromatic rings. The number of benzene rings is 1. The van der Waals surface area contributed by atoms with Gasteiger partial charge in [-0.1, -0.05) is 12.1 Å². The Labute approximate surface area is 134 Å². The van der Waals surface area contributed by atoms with Crippen LogP contribution in [0.2, 0.25) is 0 Å². The van der Waals surface area contributed by atoms with Gasteiger partial charge in [-0.15, -0.1) is 0 Å². The minimum Gasteiger partial charge on any atom is -0.368 e. The minimum atomic E-state index is -0.513. The number of hydrogen-bond acceptors (Lipinski definition) is 4. The van der Waals surface area contributed by atoms with Gasteiger partial charge < -0.3 is 10.6 Å². The van der Waals surface area contributed by atoms with Crippen LogP contribution in [0.1, 0.15) is 29.0 Å². The second-order valence-corrected chi connectivity index (χ2v) is 5.75. The van der Waals surface area contributed by atoms with Gasteiger partial charge in [0.25, 0.3) is 5.91 Å². The minimum absolute atomic E-state index is 0.180. The zero-order chi connectivity index (χ0) is 16.6. The number of carbonyl (C=O) groups is 2. The number of amides is 2. The lowest BCUT2D eigenvalue weighted by atomic mass is 10.1. The van der Waals surface area contributed by atoms with Gasteiger partial charge in [0, 0.05) is 24.7 Å². The first-order valence-corrected chi connectivity index (χ1v) is 7.55. The molecule has 0 aliphatic carbocycles. The van der Waals surface area contributed by atoms with Gasteiger partial charge >= 0.3 is 0 Å². The molecule has 1 unspecified atom stereocenters. The quantitative estimate of drug-likeness (QED) is 0.910. The van der Waals surface area contributed by atoms with Gasteiger partial charge in [-0.2, -0.15) is 5.10 Å². The predicted molar refractivity (Wildman–Crippen MR) is 84.4 cm³/mol. The summed E-state index contributed by atoms with van der Waals surface area (Å²) in [6.45, 7) is 2.42. The molecule has 2 N–H and O–H groups in total. The molecule has 1 atom stereocenters. The molecule has 1 aromatic heterocycles. The number of hydrogen-bond donors (Lipinski definition) is 1. The van der Waals surface area contributed by atoms with E-state index in [0.29, 0.717) is 24.4 Å². The second kappa shape index (κ2) is 5.83. The lowest BCUT2D eigenvalue weighted by Crippen LogP contribution is -2.43. The number of aryl methyl sites for hydroxylation is 2. The zero-order valence-electron chi connectivity index (χ0n) is 13.2. The highest BCUT2D eigenvalue weighted by Gasteiger charge is 2.33. The van der Waals surface area contributed by atoms with Gasteiger partial charge in [0.05, 0.1) is 0 Å². The maximum absolute atomic E-state index is 12.7. The van der Waals surface area contributed by atoms with Crippen LogP contribution in [0.5, 0.6) is 0 Å². The van der Waals surface area contributed by atoms with E-state index in [1.165, 1.54) is 0 Å². The molecular weight excluding hydrogens is 294 g/mol. The summed E-state index contributed by atoms with van der Waals surface area (Å²) in [5.41, 5.74) is 6.68. The van der Waals surface area contributed by atoms with E-state index in [2.05, 4.69) is 10.1 Å². The van der Waals surface area contributed by atoms with E-state index < -0.39 is 11.9 Å². The van der Waals surface area contributed by atoms with Crippen LogP contribution >= 0.6 is 0 Å². The second-order valence-electron chi connectivity index (χ2n) is 5.75. The van der Waals surface area contributed by atoms with Crippen LogP contribution in [0.15, 0.2) is 24.3 Å². The highest BCUT2D eigenvalue weighted by atomic mass is 16.2.